The Labute approximate surface area is 197 Å². The van der Waals surface area contributed by atoms with E-state index in [4.69, 9.17) is 4.74 Å². The average molecular weight is 470 g/mol. The first-order valence-corrected chi connectivity index (χ1v) is 11.1. The van der Waals surface area contributed by atoms with Crippen LogP contribution >= 0.6 is 0 Å². The Bertz CT molecular complexity index is 1110. The zero-order chi connectivity index (χ0) is 24.6. The van der Waals surface area contributed by atoms with Gasteiger partial charge in [-0.1, -0.05) is 12.1 Å². The van der Waals surface area contributed by atoms with E-state index >= 15 is 4.39 Å². The molecule has 180 valence electrons. The Balaban J connectivity index is 1.48. The number of nitrogens with zero attached hydrogens (tertiary/aromatic N) is 3. The summed E-state index contributed by atoms with van der Waals surface area (Å²) in [5.74, 6) is -0.937. The van der Waals surface area contributed by atoms with Gasteiger partial charge in [0.1, 0.15) is 11.4 Å². The van der Waals surface area contributed by atoms with E-state index in [1.807, 2.05) is 20.8 Å². The number of methoxy groups -OCH3 is 1. The molecule has 0 radical (unpaired) electrons. The van der Waals surface area contributed by atoms with Crippen LogP contribution in [0.4, 0.5) is 19.7 Å². The molecule has 0 unspecified atom stereocenters. The van der Waals surface area contributed by atoms with Gasteiger partial charge in [-0.25, -0.2) is 18.8 Å². The molecule has 2 heterocycles. The lowest BCUT2D eigenvalue weighted by atomic mass is 10.0. The Kier molecular flexibility index (Phi) is 6.20. The van der Waals surface area contributed by atoms with Gasteiger partial charge in [-0.05, 0) is 56.7 Å². The van der Waals surface area contributed by atoms with Crippen molar-refractivity contribution in [1.82, 2.24) is 9.80 Å². The normalized spacial score (nSPS) is 18.1. The largest absolute Gasteiger partial charge is 0.465 e. The lowest BCUT2D eigenvalue weighted by Crippen LogP contribution is -2.54. The number of hydrogen-bond donors (Lipinski definition) is 0. The number of amides is 3. The summed E-state index contributed by atoms with van der Waals surface area (Å²) in [6, 6.07) is 10.7. The van der Waals surface area contributed by atoms with E-state index in [1.54, 1.807) is 46.2 Å². The van der Waals surface area contributed by atoms with Crippen LogP contribution in [0.3, 0.4) is 0 Å². The molecule has 2 aromatic carbocycles. The first-order chi connectivity index (χ1) is 16.1. The molecule has 2 aliphatic rings. The molecule has 0 N–H and O–H groups in total. The molecular formula is C25H28FN3O5. The van der Waals surface area contributed by atoms with Gasteiger partial charge in [-0.3, -0.25) is 4.90 Å². The summed E-state index contributed by atoms with van der Waals surface area (Å²) in [5, 5.41) is 0. The van der Waals surface area contributed by atoms with Gasteiger partial charge >= 0.3 is 18.1 Å². The molecule has 2 aromatic rings. The summed E-state index contributed by atoms with van der Waals surface area (Å²) in [6.45, 7) is 6.94. The van der Waals surface area contributed by atoms with Crippen LogP contribution in [0.15, 0.2) is 42.5 Å². The van der Waals surface area contributed by atoms with Crippen molar-refractivity contribution in [2.24, 2.45) is 0 Å². The number of benzene rings is 2. The van der Waals surface area contributed by atoms with Gasteiger partial charge in [0.2, 0.25) is 0 Å². The second kappa shape index (κ2) is 8.96. The summed E-state index contributed by atoms with van der Waals surface area (Å²) < 4.78 is 25.2. The number of halogens is 1. The molecule has 0 bridgehead atoms. The van der Waals surface area contributed by atoms with E-state index in [0.29, 0.717) is 48.6 Å². The third-order valence-electron chi connectivity index (χ3n) is 5.89. The Morgan fingerprint density at radius 3 is 2.35 bits per heavy atom. The van der Waals surface area contributed by atoms with E-state index in [9.17, 15) is 14.4 Å². The van der Waals surface area contributed by atoms with Crippen LogP contribution < -0.4 is 4.90 Å². The number of rotatable bonds is 3. The van der Waals surface area contributed by atoms with Crippen molar-refractivity contribution in [1.29, 1.82) is 0 Å². The van der Waals surface area contributed by atoms with Gasteiger partial charge < -0.3 is 19.3 Å². The van der Waals surface area contributed by atoms with E-state index in [2.05, 4.69) is 4.74 Å². The highest BCUT2D eigenvalue weighted by atomic mass is 19.1. The fourth-order valence-electron chi connectivity index (χ4n) is 4.23. The predicted molar refractivity (Wildman–Crippen MR) is 124 cm³/mol. The highest BCUT2D eigenvalue weighted by Gasteiger charge is 2.43. The van der Waals surface area contributed by atoms with Crippen molar-refractivity contribution in [3.05, 3.63) is 53.8 Å². The second-order valence-electron chi connectivity index (χ2n) is 9.40. The molecule has 9 heteroatoms. The van der Waals surface area contributed by atoms with Crippen LogP contribution in [-0.4, -0.2) is 72.8 Å². The van der Waals surface area contributed by atoms with Gasteiger partial charge in [0.05, 0.1) is 18.7 Å². The maximum Gasteiger partial charge on any atom is 0.410 e. The number of urea groups is 1. The molecule has 8 nitrogen and oxygen atoms in total. The first-order valence-electron chi connectivity index (χ1n) is 11.1. The summed E-state index contributed by atoms with van der Waals surface area (Å²) >= 11 is 0. The van der Waals surface area contributed by atoms with E-state index in [-0.39, 0.29) is 12.1 Å². The predicted octanol–water partition coefficient (Wildman–Crippen LogP) is 4.14. The first kappa shape index (κ1) is 23.5. The smallest absolute Gasteiger partial charge is 0.410 e. The molecule has 2 saturated heterocycles. The van der Waals surface area contributed by atoms with E-state index < -0.39 is 23.5 Å². The molecule has 34 heavy (non-hydrogen) atoms. The molecule has 0 spiro atoms. The lowest BCUT2D eigenvalue weighted by Gasteiger charge is -2.36. The standard InChI is InChI=1S/C25H28FN3O5/c1-25(2,3)34-24(32)27-11-12-28-19(14-27)15-29(23(28)31)18-9-10-20(21(26)13-18)16-5-7-17(8-6-16)22(30)33-4/h5-10,13,19H,11-12,14-15H2,1-4H3/t19-/m0/s1. The zero-order valence-electron chi connectivity index (χ0n) is 19.7. The third kappa shape index (κ3) is 4.69. The zero-order valence-corrected chi connectivity index (χ0v) is 19.7. The fourth-order valence-corrected chi connectivity index (χ4v) is 4.23. The summed E-state index contributed by atoms with van der Waals surface area (Å²) in [6.07, 6.45) is -0.397. The highest BCUT2D eigenvalue weighted by Crippen LogP contribution is 2.31. The van der Waals surface area contributed by atoms with Crippen molar-refractivity contribution in [2.45, 2.75) is 32.4 Å². The number of fused-ring (bicyclic) bond motifs is 1. The quantitative estimate of drug-likeness (QED) is 0.632. The van der Waals surface area contributed by atoms with Crippen LogP contribution in [0.1, 0.15) is 31.1 Å². The maximum atomic E-state index is 15.0. The molecule has 4 rings (SSSR count). The summed E-state index contributed by atoms with van der Waals surface area (Å²) in [5.41, 5.74) is 1.21. The Hall–Kier alpha value is -3.62. The average Bonchev–Trinajstić information content (AvgIpc) is 3.13. The minimum absolute atomic E-state index is 0.192. The van der Waals surface area contributed by atoms with Gasteiger partial charge in [0, 0.05) is 37.4 Å². The molecule has 0 saturated carbocycles. The van der Waals surface area contributed by atoms with Gasteiger partial charge in [-0.15, -0.1) is 0 Å². The second-order valence-corrected chi connectivity index (χ2v) is 9.40. The monoisotopic (exact) mass is 469 g/mol. The van der Waals surface area contributed by atoms with Crippen molar-refractivity contribution in [2.75, 3.05) is 38.2 Å². The lowest BCUT2D eigenvalue weighted by molar-refractivity contribution is 0.0128. The Morgan fingerprint density at radius 2 is 1.74 bits per heavy atom. The highest BCUT2D eigenvalue weighted by molar-refractivity contribution is 5.95. The van der Waals surface area contributed by atoms with E-state index in [0.717, 1.165) is 0 Å². The minimum Gasteiger partial charge on any atom is -0.465 e. The summed E-state index contributed by atoms with van der Waals surface area (Å²) in [4.78, 5) is 41.9. The number of anilines is 1. The van der Waals surface area contributed by atoms with Gasteiger partial charge in [-0.2, -0.15) is 0 Å². The van der Waals surface area contributed by atoms with Crippen LogP contribution in [0, 0.1) is 5.82 Å². The topological polar surface area (TPSA) is 79.4 Å². The number of ether oxygens (including phenoxy) is 2. The van der Waals surface area contributed by atoms with Crippen LogP contribution in [0.5, 0.6) is 0 Å². The number of piperazine rings is 1. The third-order valence-corrected chi connectivity index (χ3v) is 5.89. The SMILES string of the molecule is COC(=O)c1ccc(-c2ccc(N3C[C@@H]4CN(C(=O)OC(C)(C)C)CCN4C3=O)cc2F)cc1. The minimum atomic E-state index is -0.593. The molecular weight excluding hydrogens is 441 g/mol. The molecule has 0 aromatic heterocycles. The number of carbonyl (C=O) groups excluding carboxylic acids is 3. The molecule has 3 amide bonds. The number of carbonyl (C=O) groups is 3. The fraction of sp³-hybridized carbons (Fsp3) is 0.400. The molecule has 1 atom stereocenters. The van der Waals surface area contributed by atoms with E-state index in [1.165, 1.54) is 18.1 Å². The van der Waals surface area contributed by atoms with Crippen LogP contribution in [0.2, 0.25) is 0 Å². The van der Waals surface area contributed by atoms with Gasteiger partial charge in [0.25, 0.3) is 0 Å². The van der Waals surface area contributed by atoms with Crippen molar-refractivity contribution in [3.8, 4) is 11.1 Å². The molecule has 2 fully saturated rings. The van der Waals surface area contributed by atoms with Gasteiger partial charge in [0.15, 0.2) is 0 Å². The molecule has 2 aliphatic heterocycles. The number of esters is 1. The van der Waals surface area contributed by atoms with Crippen molar-refractivity contribution in [3.63, 3.8) is 0 Å². The number of hydrogen-bond acceptors (Lipinski definition) is 5. The Morgan fingerprint density at radius 1 is 1.03 bits per heavy atom. The van der Waals surface area contributed by atoms with Crippen LogP contribution in [-0.2, 0) is 9.47 Å². The van der Waals surface area contributed by atoms with Crippen molar-refractivity contribution < 1.29 is 28.2 Å². The maximum absolute atomic E-state index is 15.0. The van der Waals surface area contributed by atoms with Crippen LogP contribution in [0.25, 0.3) is 11.1 Å². The molecule has 0 aliphatic carbocycles. The van der Waals surface area contributed by atoms with Crippen molar-refractivity contribution >= 4 is 23.8 Å². The summed E-state index contributed by atoms with van der Waals surface area (Å²) in [7, 11) is 1.30.